The number of fused-ring (bicyclic) bond motifs is 14. The van der Waals surface area contributed by atoms with Crippen LogP contribution >= 0.6 is 0 Å². The summed E-state index contributed by atoms with van der Waals surface area (Å²) >= 11 is 0. The Labute approximate surface area is 536 Å². The quantitative estimate of drug-likeness (QED) is 0.121. The number of rotatable bonds is 12. The van der Waals surface area contributed by atoms with E-state index in [1.54, 1.807) is 0 Å². The highest BCUT2D eigenvalue weighted by Gasteiger charge is 2.54. The molecule has 92 heavy (non-hydrogen) atoms. The molecule has 0 amide bonds. The second-order valence-corrected chi connectivity index (χ2v) is 24.4. The average molecular weight is 1170 g/mol. The van der Waals surface area contributed by atoms with Crippen LogP contribution in [0.4, 0.5) is 68.2 Å². The molecule has 0 N–H and O–H groups in total. The van der Waals surface area contributed by atoms with Gasteiger partial charge in [-0.05, 0) is 228 Å². The first-order valence-electron chi connectivity index (χ1n) is 31.8. The number of hydrogen-bond acceptors (Lipinski definition) is 4. The molecule has 3 aliphatic carbocycles. The fraction of sp³-hybridized carbons (Fsp3) is 0.0227. The van der Waals surface area contributed by atoms with Crippen LogP contribution in [0.3, 0.4) is 0 Å². The Morgan fingerprint density at radius 3 is 0.957 bits per heavy atom. The van der Waals surface area contributed by atoms with Crippen molar-refractivity contribution in [2.45, 2.75) is 11.3 Å². The normalized spacial score (nSPS) is 13.4. The molecule has 1 atom stereocenters. The summed E-state index contributed by atoms with van der Waals surface area (Å²) in [5.74, 6) is 0.0796. The van der Waals surface area contributed by atoms with E-state index in [9.17, 15) is 0 Å². The molecule has 15 aromatic carbocycles. The standard InChI is InChI=1S/C88H60N4/c1-5-26-64(27-6-1)89(65-28-7-2-8-29-65)68-44-48-70(49-45-68)91(72-42-40-60-22-13-15-24-62(60)56-72)74-52-54-77-78-55-53-75(59-85(78)88(84(77)58-74)82-38-20-19-36-81(82)86-79-35-18-17-34-76(79)80-37-21-39-83(88)87(80)86)92(73-43-41-61-23-14-16-25-63(61)57-73)71-50-46-69(47-51-71)90(66-30-9-3-10-31-66)67-32-11-4-12-33-67/h1-59,86H. The fourth-order valence-corrected chi connectivity index (χ4v) is 15.5. The van der Waals surface area contributed by atoms with Gasteiger partial charge < -0.3 is 19.6 Å². The van der Waals surface area contributed by atoms with E-state index in [4.69, 9.17) is 0 Å². The van der Waals surface area contributed by atoms with Crippen LogP contribution in [-0.4, -0.2) is 0 Å². The molecule has 0 aromatic heterocycles. The van der Waals surface area contributed by atoms with Crippen LogP contribution in [0, 0.1) is 0 Å². The topological polar surface area (TPSA) is 13.0 Å². The third kappa shape index (κ3) is 8.45. The predicted octanol–water partition coefficient (Wildman–Crippen LogP) is 23.7. The SMILES string of the molecule is c1ccc(N(c2ccccc2)c2ccc(N(c3ccc4c(c3)C3(c5cc(N(c6ccc(N(c7ccccc7)c7ccccc7)cc6)c6ccc7ccccc7c6)ccc5-4)c4ccccc4C4c5ccccc5-c5cccc3c54)c3ccc4ccccc4c3)cc2)cc1. The smallest absolute Gasteiger partial charge is 0.0721 e. The van der Waals surface area contributed by atoms with Crippen molar-refractivity contribution in [2.75, 3.05) is 19.6 Å². The van der Waals surface area contributed by atoms with Gasteiger partial charge in [-0.2, -0.15) is 0 Å². The Hall–Kier alpha value is -12.0. The lowest BCUT2D eigenvalue weighted by atomic mass is 9.59. The van der Waals surface area contributed by atoms with Crippen LogP contribution < -0.4 is 19.6 Å². The maximum Gasteiger partial charge on any atom is 0.0721 e. The van der Waals surface area contributed by atoms with Gasteiger partial charge >= 0.3 is 0 Å². The van der Waals surface area contributed by atoms with Crippen molar-refractivity contribution in [2.24, 2.45) is 0 Å². The minimum atomic E-state index is -0.743. The third-order valence-electron chi connectivity index (χ3n) is 19.4. The first-order chi connectivity index (χ1) is 45.6. The van der Waals surface area contributed by atoms with Gasteiger partial charge in [-0.15, -0.1) is 0 Å². The lowest BCUT2D eigenvalue weighted by Gasteiger charge is -2.43. The highest BCUT2D eigenvalue weighted by Crippen LogP contribution is 2.66. The molecule has 0 radical (unpaired) electrons. The molecule has 0 heterocycles. The average Bonchev–Trinajstić information content (AvgIpc) is 0.750. The monoisotopic (exact) mass is 1170 g/mol. The molecule has 0 saturated carbocycles. The van der Waals surface area contributed by atoms with Crippen molar-refractivity contribution < 1.29 is 0 Å². The number of para-hydroxylation sites is 4. The molecule has 3 aliphatic rings. The second kappa shape index (κ2) is 21.7. The minimum Gasteiger partial charge on any atom is -0.311 e. The van der Waals surface area contributed by atoms with Gasteiger partial charge in [-0.25, -0.2) is 0 Å². The molecule has 15 aromatic rings. The maximum atomic E-state index is 2.54. The molecule has 4 heteroatoms. The third-order valence-corrected chi connectivity index (χ3v) is 19.4. The van der Waals surface area contributed by atoms with Gasteiger partial charge in [0.1, 0.15) is 0 Å². The number of nitrogens with zero attached hydrogens (tertiary/aromatic N) is 4. The van der Waals surface area contributed by atoms with Crippen LogP contribution in [0.1, 0.15) is 44.9 Å². The summed E-state index contributed by atoms with van der Waals surface area (Å²) in [6, 6.07) is 132. The molecule has 432 valence electrons. The summed E-state index contributed by atoms with van der Waals surface area (Å²) in [5, 5.41) is 4.78. The molecular formula is C88H60N4. The molecule has 18 rings (SSSR count). The minimum absolute atomic E-state index is 0.0796. The van der Waals surface area contributed by atoms with E-state index in [1.165, 1.54) is 82.7 Å². The van der Waals surface area contributed by atoms with Gasteiger partial charge in [0, 0.05) is 74.2 Å². The highest BCUT2D eigenvalue weighted by atomic mass is 15.2. The molecule has 0 fully saturated rings. The Kier molecular flexibility index (Phi) is 12.5. The summed E-state index contributed by atoms with van der Waals surface area (Å²) < 4.78 is 0. The number of anilines is 12. The summed E-state index contributed by atoms with van der Waals surface area (Å²) in [5.41, 5.74) is 26.6. The van der Waals surface area contributed by atoms with Crippen molar-refractivity contribution in [3.05, 3.63) is 397 Å². The zero-order valence-electron chi connectivity index (χ0n) is 50.4. The van der Waals surface area contributed by atoms with E-state index in [0.29, 0.717) is 0 Å². The molecule has 0 saturated heterocycles. The first kappa shape index (κ1) is 53.1. The molecule has 1 unspecified atom stereocenters. The van der Waals surface area contributed by atoms with E-state index in [1.807, 2.05) is 0 Å². The fourth-order valence-electron chi connectivity index (χ4n) is 15.5. The Morgan fingerprint density at radius 2 is 0.500 bits per heavy atom. The van der Waals surface area contributed by atoms with E-state index in [0.717, 1.165) is 68.2 Å². The van der Waals surface area contributed by atoms with Crippen LogP contribution in [0.5, 0.6) is 0 Å². The maximum absolute atomic E-state index is 2.54. The summed E-state index contributed by atoms with van der Waals surface area (Å²) in [6.07, 6.45) is 0. The molecule has 1 spiro atoms. The van der Waals surface area contributed by atoms with Gasteiger partial charge in [0.25, 0.3) is 0 Å². The summed E-state index contributed by atoms with van der Waals surface area (Å²) in [4.78, 5) is 9.61. The van der Waals surface area contributed by atoms with Crippen LogP contribution in [0.15, 0.2) is 358 Å². The molecule has 0 aliphatic heterocycles. The van der Waals surface area contributed by atoms with Gasteiger partial charge in [0.05, 0.1) is 5.41 Å². The van der Waals surface area contributed by atoms with Gasteiger partial charge in [0.15, 0.2) is 0 Å². The van der Waals surface area contributed by atoms with Crippen molar-refractivity contribution in [3.63, 3.8) is 0 Å². The van der Waals surface area contributed by atoms with Crippen LogP contribution in [0.25, 0.3) is 43.8 Å². The molecular weight excluding hydrogens is 1110 g/mol. The Balaban J connectivity index is 0.858. The summed E-state index contributed by atoms with van der Waals surface area (Å²) in [6.45, 7) is 0. The second-order valence-electron chi connectivity index (χ2n) is 24.4. The van der Waals surface area contributed by atoms with Gasteiger partial charge in [-0.3, -0.25) is 0 Å². The van der Waals surface area contributed by atoms with E-state index in [2.05, 4.69) is 378 Å². The lowest BCUT2D eigenvalue weighted by Crippen LogP contribution is -2.35. The van der Waals surface area contributed by atoms with Crippen LogP contribution in [-0.2, 0) is 5.41 Å². The van der Waals surface area contributed by atoms with Crippen molar-refractivity contribution in [1.29, 1.82) is 0 Å². The van der Waals surface area contributed by atoms with Crippen LogP contribution in [0.2, 0.25) is 0 Å². The Bertz CT molecular complexity index is 4960. The van der Waals surface area contributed by atoms with E-state index < -0.39 is 5.41 Å². The first-order valence-corrected chi connectivity index (χ1v) is 31.8. The molecule has 0 bridgehead atoms. The highest BCUT2D eigenvalue weighted by molar-refractivity contribution is 5.98. The zero-order valence-corrected chi connectivity index (χ0v) is 50.4. The molecule has 4 nitrogen and oxygen atoms in total. The van der Waals surface area contributed by atoms with Crippen molar-refractivity contribution >= 4 is 89.8 Å². The van der Waals surface area contributed by atoms with Gasteiger partial charge in [-0.1, -0.05) is 212 Å². The lowest BCUT2D eigenvalue weighted by molar-refractivity contribution is 0.704. The van der Waals surface area contributed by atoms with E-state index in [-0.39, 0.29) is 5.92 Å². The zero-order chi connectivity index (χ0) is 60.7. The summed E-state index contributed by atoms with van der Waals surface area (Å²) in [7, 11) is 0. The van der Waals surface area contributed by atoms with Gasteiger partial charge in [0.2, 0.25) is 0 Å². The number of hydrogen-bond donors (Lipinski definition) is 0. The van der Waals surface area contributed by atoms with Crippen molar-refractivity contribution in [1.82, 2.24) is 0 Å². The van der Waals surface area contributed by atoms with E-state index >= 15 is 0 Å². The number of benzene rings is 15. The van der Waals surface area contributed by atoms with Crippen molar-refractivity contribution in [3.8, 4) is 22.3 Å². The largest absolute Gasteiger partial charge is 0.311 e. The predicted molar refractivity (Wildman–Crippen MR) is 384 cm³/mol. The Morgan fingerprint density at radius 1 is 0.185 bits per heavy atom.